The average Bonchev–Trinajstić information content (AvgIpc) is 2.47. The van der Waals surface area contributed by atoms with Crippen LogP contribution in [-0.2, 0) is 19.1 Å². The molecule has 4 nitrogen and oxygen atoms in total. The van der Waals surface area contributed by atoms with Crippen LogP contribution >= 0.6 is 0 Å². The van der Waals surface area contributed by atoms with E-state index in [2.05, 4.69) is 0 Å². The minimum absolute atomic E-state index is 0.210. The Morgan fingerprint density at radius 1 is 1.23 bits per heavy atom. The number of hydrogen-bond acceptors (Lipinski definition) is 4. The van der Waals surface area contributed by atoms with Gasteiger partial charge in [-0.25, -0.2) is 0 Å². The summed E-state index contributed by atoms with van der Waals surface area (Å²) in [5, 5.41) is 0. The Balaban J connectivity index is 2.38. The molecule has 0 radical (unpaired) electrons. The lowest BCUT2D eigenvalue weighted by Crippen LogP contribution is -2.27. The van der Waals surface area contributed by atoms with Crippen LogP contribution in [0.5, 0.6) is 0 Å². The van der Waals surface area contributed by atoms with Crippen LogP contribution in [-0.4, -0.2) is 24.6 Å². The maximum Gasteiger partial charge on any atom is 0.313 e. The van der Waals surface area contributed by atoms with Crippen LogP contribution in [0.25, 0.3) is 5.57 Å². The molecule has 1 aromatic rings. The Morgan fingerprint density at radius 3 is 2.59 bits per heavy atom. The fraction of sp³-hybridized carbons (Fsp3) is 0.444. The monoisotopic (exact) mass is 302 g/mol. The number of hydrogen-bond donors (Lipinski definition) is 0. The molecule has 2 atom stereocenters. The topological polar surface area (TPSA) is 52.6 Å². The van der Waals surface area contributed by atoms with Gasteiger partial charge >= 0.3 is 11.9 Å². The van der Waals surface area contributed by atoms with E-state index < -0.39 is 0 Å². The van der Waals surface area contributed by atoms with Gasteiger partial charge in [0, 0.05) is 6.92 Å². The fourth-order valence-electron chi connectivity index (χ4n) is 2.85. The van der Waals surface area contributed by atoms with Crippen molar-refractivity contribution in [3.05, 3.63) is 41.5 Å². The van der Waals surface area contributed by atoms with Crippen molar-refractivity contribution in [2.45, 2.75) is 39.7 Å². The highest BCUT2D eigenvalue weighted by atomic mass is 16.5. The van der Waals surface area contributed by atoms with E-state index in [9.17, 15) is 9.59 Å². The van der Waals surface area contributed by atoms with E-state index in [0.29, 0.717) is 19.4 Å². The molecule has 0 aromatic heterocycles. The number of carbonyl (C=O) groups excluding carboxylic acids is 2. The molecular weight excluding hydrogens is 280 g/mol. The van der Waals surface area contributed by atoms with Gasteiger partial charge in [-0.3, -0.25) is 9.59 Å². The van der Waals surface area contributed by atoms with Gasteiger partial charge in [-0.05, 0) is 49.5 Å². The first-order valence-corrected chi connectivity index (χ1v) is 7.64. The van der Waals surface area contributed by atoms with Gasteiger partial charge in [0.1, 0.15) is 6.10 Å². The smallest absolute Gasteiger partial charge is 0.313 e. The van der Waals surface area contributed by atoms with Gasteiger partial charge in [0.25, 0.3) is 0 Å². The molecule has 0 spiro atoms. The fourth-order valence-corrected chi connectivity index (χ4v) is 2.85. The predicted octanol–water partition coefficient (Wildman–Crippen LogP) is 3.28. The van der Waals surface area contributed by atoms with E-state index in [1.807, 2.05) is 37.3 Å². The van der Waals surface area contributed by atoms with Gasteiger partial charge in [0.05, 0.1) is 12.5 Å². The van der Waals surface area contributed by atoms with Gasteiger partial charge in [-0.2, -0.15) is 0 Å². The van der Waals surface area contributed by atoms with Gasteiger partial charge < -0.3 is 9.47 Å². The van der Waals surface area contributed by atoms with Crippen molar-refractivity contribution in [1.29, 1.82) is 0 Å². The lowest BCUT2D eigenvalue weighted by atomic mass is 9.81. The molecule has 4 heteroatoms. The molecule has 2 rings (SSSR count). The molecule has 0 saturated carbocycles. The number of esters is 2. The lowest BCUT2D eigenvalue weighted by Gasteiger charge is -2.28. The molecule has 0 aliphatic heterocycles. The molecule has 1 aliphatic carbocycles. The molecular formula is C18H22O4. The second-order valence-electron chi connectivity index (χ2n) is 5.47. The lowest BCUT2D eigenvalue weighted by molar-refractivity contribution is -0.147. The molecule has 0 heterocycles. The zero-order valence-electron chi connectivity index (χ0n) is 13.3. The zero-order chi connectivity index (χ0) is 16.1. The van der Waals surface area contributed by atoms with Crippen LogP contribution in [0.3, 0.4) is 0 Å². The third-order valence-corrected chi connectivity index (χ3v) is 3.83. The first-order valence-electron chi connectivity index (χ1n) is 7.64. The Labute approximate surface area is 131 Å². The SMILES string of the molecule is CCOC(=O)C1CCC(OC(C)=O)C=C1c1ccccc1C. The molecule has 1 aromatic carbocycles. The number of carbonyl (C=O) groups is 2. The molecule has 118 valence electrons. The van der Waals surface area contributed by atoms with Crippen LogP contribution in [0.4, 0.5) is 0 Å². The molecule has 22 heavy (non-hydrogen) atoms. The van der Waals surface area contributed by atoms with Crippen LogP contribution in [0.2, 0.25) is 0 Å². The van der Waals surface area contributed by atoms with Gasteiger partial charge in [-0.15, -0.1) is 0 Å². The van der Waals surface area contributed by atoms with Gasteiger partial charge in [0.15, 0.2) is 0 Å². The summed E-state index contributed by atoms with van der Waals surface area (Å²) in [6.45, 7) is 5.58. The van der Waals surface area contributed by atoms with E-state index in [-0.39, 0.29) is 24.0 Å². The standard InChI is InChI=1S/C18H22O4/c1-4-21-18(20)16-10-9-14(22-13(3)19)11-17(16)15-8-6-5-7-12(15)2/h5-8,11,14,16H,4,9-10H2,1-3H3. The number of aryl methyl sites for hydroxylation is 1. The quantitative estimate of drug-likeness (QED) is 0.801. The number of rotatable bonds is 4. The molecule has 2 unspecified atom stereocenters. The summed E-state index contributed by atoms with van der Waals surface area (Å²) >= 11 is 0. The summed E-state index contributed by atoms with van der Waals surface area (Å²) in [5.41, 5.74) is 3.00. The van der Waals surface area contributed by atoms with E-state index in [1.165, 1.54) is 6.92 Å². The Morgan fingerprint density at radius 2 is 1.95 bits per heavy atom. The Hall–Kier alpha value is -2.10. The van der Waals surface area contributed by atoms with E-state index in [4.69, 9.17) is 9.47 Å². The van der Waals surface area contributed by atoms with Crippen LogP contribution in [0.15, 0.2) is 30.3 Å². The molecule has 1 aliphatic rings. The van der Waals surface area contributed by atoms with Crippen molar-refractivity contribution in [2.75, 3.05) is 6.61 Å². The van der Waals surface area contributed by atoms with Crippen molar-refractivity contribution in [3.63, 3.8) is 0 Å². The number of benzene rings is 1. The summed E-state index contributed by atoms with van der Waals surface area (Å²) in [4.78, 5) is 23.4. The molecule has 0 N–H and O–H groups in total. The zero-order valence-corrected chi connectivity index (χ0v) is 13.3. The maximum atomic E-state index is 12.3. The summed E-state index contributed by atoms with van der Waals surface area (Å²) in [5.74, 6) is -0.814. The third kappa shape index (κ3) is 3.75. The average molecular weight is 302 g/mol. The van der Waals surface area contributed by atoms with Crippen molar-refractivity contribution < 1.29 is 19.1 Å². The van der Waals surface area contributed by atoms with Gasteiger partial charge in [0.2, 0.25) is 0 Å². The summed E-state index contributed by atoms with van der Waals surface area (Å²) in [6, 6.07) is 7.91. The van der Waals surface area contributed by atoms with Crippen molar-refractivity contribution in [2.24, 2.45) is 5.92 Å². The summed E-state index contributed by atoms with van der Waals surface area (Å²) in [6.07, 6.45) is 2.88. The number of ether oxygens (including phenoxy) is 2. The first kappa shape index (κ1) is 16.3. The van der Waals surface area contributed by atoms with Crippen LogP contribution in [0, 0.1) is 12.8 Å². The van der Waals surface area contributed by atoms with Crippen LogP contribution < -0.4 is 0 Å². The minimum atomic E-state index is -0.306. The highest BCUT2D eigenvalue weighted by Crippen LogP contribution is 2.36. The Bertz CT molecular complexity index is 589. The van der Waals surface area contributed by atoms with E-state index in [0.717, 1.165) is 16.7 Å². The normalized spacial score (nSPS) is 21.0. The second-order valence-corrected chi connectivity index (χ2v) is 5.47. The Kier molecular flexibility index (Phi) is 5.36. The van der Waals surface area contributed by atoms with E-state index in [1.54, 1.807) is 6.92 Å². The largest absolute Gasteiger partial charge is 0.466 e. The first-order chi connectivity index (χ1) is 10.5. The van der Waals surface area contributed by atoms with Crippen molar-refractivity contribution in [1.82, 2.24) is 0 Å². The van der Waals surface area contributed by atoms with Crippen molar-refractivity contribution in [3.8, 4) is 0 Å². The summed E-state index contributed by atoms with van der Waals surface area (Å²) in [7, 11) is 0. The molecule has 0 fully saturated rings. The molecule has 0 bridgehead atoms. The van der Waals surface area contributed by atoms with Gasteiger partial charge in [-0.1, -0.05) is 24.3 Å². The summed E-state index contributed by atoms with van der Waals surface area (Å²) < 4.78 is 10.5. The highest BCUT2D eigenvalue weighted by molar-refractivity contribution is 5.90. The third-order valence-electron chi connectivity index (χ3n) is 3.83. The highest BCUT2D eigenvalue weighted by Gasteiger charge is 2.32. The maximum absolute atomic E-state index is 12.3. The molecule has 0 amide bonds. The molecule has 0 saturated heterocycles. The van der Waals surface area contributed by atoms with Crippen molar-refractivity contribution >= 4 is 17.5 Å². The van der Waals surface area contributed by atoms with Crippen LogP contribution in [0.1, 0.15) is 37.8 Å². The van der Waals surface area contributed by atoms with E-state index >= 15 is 0 Å². The predicted molar refractivity (Wildman–Crippen MR) is 84.1 cm³/mol. The second kappa shape index (κ2) is 7.25. The minimum Gasteiger partial charge on any atom is -0.466 e.